The van der Waals surface area contributed by atoms with Crippen molar-refractivity contribution < 1.29 is 9.59 Å². The SMILES string of the molecule is O=C(N[C@@H]1CSCC1=O)c1ccccc1. The van der Waals surface area contributed by atoms with Crippen molar-refractivity contribution in [2.24, 2.45) is 0 Å². The number of rotatable bonds is 2. The summed E-state index contributed by atoms with van der Waals surface area (Å²) in [7, 11) is 0. The standard InChI is InChI=1S/C11H11NO2S/c13-10-7-15-6-9(10)12-11(14)8-4-2-1-3-5-8/h1-5,9H,6-7H2,(H,12,14)/t9-/m1/s1. The molecule has 2 rings (SSSR count). The van der Waals surface area contributed by atoms with Gasteiger partial charge in [-0.3, -0.25) is 9.59 Å². The van der Waals surface area contributed by atoms with Crippen molar-refractivity contribution in [1.29, 1.82) is 0 Å². The summed E-state index contributed by atoms with van der Waals surface area (Å²) in [5, 5.41) is 2.74. The molecule has 78 valence electrons. The van der Waals surface area contributed by atoms with Crippen molar-refractivity contribution in [2.75, 3.05) is 11.5 Å². The lowest BCUT2D eigenvalue weighted by molar-refractivity contribution is -0.117. The maximum Gasteiger partial charge on any atom is 0.251 e. The van der Waals surface area contributed by atoms with E-state index < -0.39 is 0 Å². The first kappa shape index (κ1) is 10.2. The monoisotopic (exact) mass is 221 g/mol. The fourth-order valence-electron chi connectivity index (χ4n) is 1.42. The molecule has 0 aromatic heterocycles. The van der Waals surface area contributed by atoms with Crippen LogP contribution in [0.5, 0.6) is 0 Å². The van der Waals surface area contributed by atoms with Crippen molar-refractivity contribution >= 4 is 23.5 Å². The van der Waals surface area contributed by atoms with E-state index in [2.05, 4.69) is 5.32 Å². The van der Waals surface area contributed by atoms with Gasteiger partial charge in [-0.2, -0.15) is 11.8 Å². The molecule has 4 heteroatoms. The Morgan fingerprint density at radius 2 is 2.07 bits per heavy atom. The summed E-state index contributed by atoms with van der Waals surface area (Å²) in [5.74, 6) is 1.15. The van der Waals surface area contributed by atoms with Gasteiger partial charge < -0.3 is 5.32 Å². The molecule has 1 aliphatic rings. The molecule has 1 aromatic rings. The fraction of sp³-hybridized carbons (Fsp3) is 0.273. The van der Waals surface area contributed by atoms with Crippen LogP contribution in [0.4, 0.5) is 0 Å². The zero-order chi connectivity index (χ0) is 10.7. The van der Waals surface area contributed by atoms with Crippen molar-refractivity contribution in [3.8, 4) is 0 Å². The summed E-state index contributed by atoms with van der Waals surface area (Å²) in [6.45, 7) is 0. The quantitative estimate of drug-likeness (QED) is 0.813. The number of carbonyl (C=O) groups excluding carboxylic acids is 2. The predicted molar refractivity (Wildman–Crippen MR) is 60.0 cm³/mol. The molecule has 1 N–H and O–H groups in total. The minimum atomic E-state index is -0.303. The third-order valence-corrected chi connectivity index (χ3v) is 3.32. The van der Waals surface area contributed by atoms with Gasteiger partial charge in [-0.1, -0.05) is 18.2 Å². The van der Waals surface area contributed by atoms with Crippen LogP contribution in [0.15, 0.2) is 30.3 Å². The maximum atomic E-state index is 11.7. The number of thioether (sulfide) groups is 1. The normalized spacial score (nSPS) is 20.3. The van der Waals surface area contributed by atoms with Crippen LogP contribution in [0.2, 0.25) is 0 Å². The molecule has 0 saturated carbocycles. The molecule has 1 aliphatic heterocycles. The zero-order valence-electron chi connectivity index (χ0n) is 8.10. The second-order valence-corrected chi connectivity index (χ2v) is 4.40. The Kier molecular flexibility index (Phi) is 3.06. The highest BCUT2D eigenvalue weighted by molar-refractivity contribution is 8.00. The molecule has 0 bridgehead atoms. The highest BCUT2D eigenvalue weighted by Gasteiger charge is 2.26. The molecule has 1 heterocycles. The van der Waals surface area contributed by atoms with Gasteiger partial charge in [0, 0.05) is 11.3 Å². The van der Waals surface area contributed by atoms with Gasteiger partial charge in [-0.15, -0.1) is 0 Å². The fourth-order valence-corrected chi connectivity index (χ4v) is 2.45. The van der Waals surface area contributed by atoms with E-state index >= 15 is 0 Å². The van der Waals surface area contributed by atoms with Crippen LogP contribution in [0.3, 0.4) is 0 Å². The molecule has 0 spiro atoms. The molecule has 1 aromatic carbocycles. The van der Waals surface area contributed by atoms with E-state index in [9.17, 15) is 9.59 Å². The maximum absolute atomic E-state index is 11.7. The third-order valence-electron chi connectivity index (χ3n) is 2.26. The van der Waals surface area contributed by atoms with Crippen molar-refractivity contribution in [3.63, 3.8) is 0 Å². The topological polar surface area (TPSA) is 46.2 Å². The smallest absolute Gasteiger partial charge is 0.251 e. The Bertz CT molecular complexity index is 377. The Labute approximate surface area is 92.2 Å². The molecule has 1 amide bonds. The lowest BCUT2D eigenvalue weighted by Crippen LogP contribution is -2.39. The molecule has 1 atom stereocenters. The number of benzene rings is 1. The third kappa shape index (κ3) is 2.39. The summed E-state index contributed by atoms with van der Waals surface area (Å²) in [6, 6.07) is 8.64. The summed E-state index contributed by atoms with van der Waals surface area (Å²) >= 11 is 1.56. The van der Waals surface area contributed by atoms with Crippen molar-refractivity contribution in [1.82, 2.24) is 5.32 Å². The highest BCUT2D eigenvalue weighted by Crippen LogP contribution is 2.14. The number of ketones is 1. The van der Waals surface area contributed by atoms with E-state index in [0.717, 1.165) is 0 Å². The van der Waals surface area contributed by atoms with Crippen LogP contribution in [-0.2, 0) is 4.79 Å². The molecule has 0 aliphatic carbocycles. The minimum Gasteiger partial charge on any atom is -0.341 e. The summed E-state index contributed by atoms with van der Waals surface area (Å²) < 4.78 is 0. The Morgan fingerprint density at radius 1 is 1.33 bits per heavy atom. The second kappa shape index (κ2) is 4.49. The largest absolute Gasteiger partial charge is 0.341 e. The molecule has 0 unspecified atom stereocenters. The average Bonchev–Trinajstić information content (AvgIpc) is 2.66. The van der Waals surface area contributed by atoms with Gasteiger partial charge in [0.2, 0.25) is 0 Å². The van der Waals surface area contributed by atoms with Gasteiger partial charge >= 0.3 is 0 Å². The van der Waals surface area contributed by atoms with Gasteiger partial charge in [0.25, 0.3) is 5.91 Å². The van der Waals surface area contributed by atoms with E-state index in [1.165, 1.54) is 0 Å². The Morgan fingerprint density at radius 3 is 2.67 bits per heavy atom. The minimum absolute atomic E-state index is 0.115. The van der Waals surface area contributed by atoms with Crippen LogP contribution >= 0.6 is 11.8 Å². The first-order chi connectivity index (χ1) is 7.27. The summed E-state index contributed by atoms with van der Waals surface area (Å²) in [4.78, 5) is 23.0. The molecular weight excluding hydrogens is 210 g/mol. The average molecular weight is 221 g/mol. The van der Waals surface area contributed by atoms with Crippen LogP contribution < -0.4 is 5.32 Å². The van der Waals surface area contributed by atoms with Gasteiger partial charge in [-0.05, 0) is 12.1 Å². The van der Waals surface area contributed by atoms with E-state index in [1.54, 1.807) is 36.0 Å². The Hall–Kier alpha value is -1.29. The van der Waals surface area contributed by atoms with Crippen LogP contribution in [-0.4, -0.2) is 29.2 Å². The van der Waals surface area contributed by atoms with E-state index in [4.69, 9.17) is 0 Å². The number of carbonyl (C=O) groups is 2. The zero-order valence-corrected chi connectivity index (χ0v) is 8.92. The van der Waals surface area contributed by atoms with E-state index in [-0.39, 0.29) is 17.7 Å². The highest BCUT2D eigenvalue weighted by atomic mass is 32.2. The second-order valence-electron chi connectivity index (χ2n) is 3.37. The van der Waals surface area contributed by atoms with Gasteiger partial charge in [0.05, 0.1) is 11.8 Å². The number of nitrogens with one attached hydrogen (secondary N) is 1. The molecule has 3 nitrogen and oxygen atoms in total. The number of amides is 1. The van der Waals surface area contributed by atoms with Crippen LogP contribution in [0, 0.1) is 0 Å². The number of Topliss-reactive ketones (excluding diaryl/α,β-unsaturated/α-hetero) is 1. The van der Waals surface area contributed by atoms with Crippen molar-refractivity contribution in [3.05, 3.63) is 35.9 Å². The lowest BCUT2D eigenvalue weighted by Gasteiger charge is -2.09. The van der Waals surface area contributed by atoms with E-state index in [1.807, 2.05) is 6.07 Å². The molecule has 1 saturated heterocycles. The molecular formula is C11H11NO2S. The summed E-state index contributed by atoms with van der Waals surface area (Å²) in [5.41, 5.74) is 0.599. The lowest BCUT2D eigenvalue weighted by atomic mass is 10.2. The predicted octanol–water partition coefficient (Wildman–Crippen LogP) is 1.10. The molecule has 1 fully saturated rings. The van der Waals surface area contributed by atoms with Gasteiger partial charge in [0.15, 0.2) is 5.78 Å². The molecule has 0 radical (unpaired) electrons. The number of hydrogen-bond donors (Lipinski definition) is 1. The van der Waals surface area contributed by atoms with Crippen LogP contribution in [0.25, 0.3) is 0 Å². The summed E-state index contributed by atoms with van der Waals surface area (Å²) in [6.07, 6.45) is 0. The van der Waals surface area contributed by atoms with Crippen LogP contribution in [0.1, 0.15) is 10.4 Å². The van der Waals surface area contributed by atoms with Crippen molar-refractivity contribution in [2.45, 2.75) is 6.04 Å². The van der Waals surface area contributed by atoms with E-state index in [0.29, 0.717) is 17.1 Å². The number of hydrogen-bond acceptors (Lipinski definition) is 3. The molecule has 15 heavy (non-hydrogen) atoms. The van der Waals surface area contributed by atoms with Gasteiger partial charge in [-0.25, -0.2) is 0 Å². The Balaban J connectivity index is 2.01. The van der Waals surface area contributed by atoms with Gasteiger partial charge in [0.1, 0.15) is 0 Å². The first-order valence-electron chi connectivity index (χ1n) is 4.74. The first-order valence-corrected chi connectivity index (χ1v) is 5.89.